The van der Waals surface area contributed by atoms with Crippen molar-refractivity contribution in [2.24, 2.45) is 0 Å². The van der Waals surface area contributed by atoms with Crippen LogP contribution in [0.1, 0.15) is 50.5 Å². The number of phenols is 1. The van der Waals surface area contributed by atoms with E-state index < -0.39 is 30.3 Å². The third kappa shape index (κ3) is 8.19. The summed E-state index contributed by atoms with van der Waals surface area (Å²) in [5, 5.41) is 40.7. The number of carboxylic acid groups (broad SMARTS) is 2. The number of fused-ring (bicyclic) bond motifs is 4. The van der Waals surface area contributed by atoms with Crippen LogP contribution in [0, 0.1) is 0 Å². The summed E-state index contributed by atoms with van der Waals surface area (Å²) in [5.74, 6) is -3.58. The summed E-state index contributed by atoms with van der Waals surface area (Å²) in [5.41, 5.74) is 2.95. The molecule has 0 atom stereocenters. The topological polar surface area (TPSA) is 222 Å². The number of phenolic OH excluding ortho intramolecular Hbond substituents is 1. The van der Waals surface area contributed by atoms with Gasteiger partial charge in [0.2, 0.25) is 11.3 Å². The lowest BCUT2D eigenvalue weighted by atomic mass is 9.89. The SMILES string of the molecule is CCNc1ccc2c(-c3c(Cl)c(C(=O)NCC(=O)NCc4ccc(-c5c6ccc(=O)cc-6oc6cc(O)ccc56)c(C(=O)O)c4)cc(Cl)c3C(=O)O)c3ccc(=[NH+]CC)cc-3oc2c1. The number of aromatic carboxylic acids is 2. The van der Waals surface area contributed by atoms with E-state index in [4.69, 9.17) is 32.0 Å². The second-order valence-corrected chi connectivity index (χ2v) is 15.5. The van der Waals surface area contributed by atoms with Gasteiger partial charge in [0, 0.05) is 81.6 Å². The van der Waals surface area contributed by atoms with Gasteiger partial charge in [-0.25, -0.2) is 14.6 Å². The molecule has 322 valence electrons. The first-order valence-electron chi connectivity index (χ1n) is 19.9. The molecule has 2 aliphatic carbocycles. The molecule has 0 aromatic heterocycles. The van der Waals surface area contributed by atoms with E-state index in [-0.39, 0.29) is 61.4 Å². The highest BCUT2D eigenvalue weighted by Gasteiger charge is 2.30. The van der Waals surface area contributed by atoms with Crippen molar-refractivity contribution in [3.8, 4) is 50.7 Å². The van der Waals surface area contributed by atoms with Crippen LogP contribution in [0.25, 0.3) is 66.8 Å². The van der Waals surface area contributed by atoms with Crippen LogP contribution in [0.4, 0.5) is 5.69 Å². The second kappa shape index (κ2) is 17.6. The Labute approximate surface area is 373 Å². The molecule has 2 heterocycles. The lowest BCUT2D eigenvalue weighted by molar-refractivity contribution is -0.496. The Morgan fingerprint density at radius 2 is 1.38 bits per heavy atom. The summed E-state index contributed by atoms with van der Waals surface area (Å²) in [7, 11) is 0. The summed E-state index contributed by atoms with van der Waals surface area (Å²) in [4.78, 5) is 68.0. The second-order valence-electron chi connectivity index (χ2n) is 14.7. The number of carbonyl (C=O) groups excluding carboxylic acids is 2. The first-order chi connectivity index (χ1) is 30.8. The Morgan fingerprint density at radius 1 is 0.688 bits per heavy atom. The molecule has 16 heteroatoms. The molecule has 0 saturated heterocycles. The predicted octanol–water partition coefficient (Wildman–Crippen LogP) is 6.97. The van der Waals surface area contributed by atoms with Gasteiger partial charge in [0.25, 0.3) is 5.91 Å². The van der Waals surface area contributed by atoms with Gasteiger partial charge in [-0.15, -0.1) is 0 Å². The first-order valence-corrected chi connectivity index (χ1v) is 20.7. The molecular weight excluding hydrogens is 863 g/mol. The van der Waals surface area contributed by atoms with Crippen molar-refractivity contribution in [2.75, 3.05) is 25.0 Å². The molecule has 4 aromatic carbocycles. The zero-order valence-corrected chi connectivity index (χ0v) is 35.5. The van der Waals surface area contributed by atoms with Gasteiger partial charge in [-0.3, -0.25) is 14.4 Å². The zero-order chi connectivity index (χ0) is 45.4. The molecule has 4 aromatic rings. The number of amides is 2. The zero-order valence-electron chi connectivity index (χ0n) is 34.0. The molecule has 2 amide bonds. The lowest BCUT2D eigenvalue weighted by Gasteiger charge is -2.20. The van der Waals surface area contributed by atoms with E-state index in [9.17, 15) is 39.3 Å². The first kappa shape index (κ1) is 43.0. The van der Waals surface area contributed by atoms with Gasteiger partial charge in [0.15, 0.2) is 5.43 Å². The standard InChI is InChI=1S/C48H36Cl2N4O10/c1-3-51-24-6-11-31-36(16-24)63-37-17-25(52-4-2)7-12-32(37)42(31)44-43(48(61)62)35(49)20-34(45(44)50)46(58)54-22-40(57)53-21-23-5-10-28(33(15-23)47(59)60)41-29-13-8-26(55)18-38(29)64-39-19-27(56)9-14-30(39)41/h5-20,51,55H,3-4,21-22H2,1-2H3,(H,53,57)(H,54,58)(H,59,60)(H,61,62)/p+1. The van der Waals surface area contributed by atoms with Crippen LogP contribution >= 0.6 is 23.2 Å². The van der Waals surface area contributed by atoms with E-state index in [0.717, 1.165) is 17.1 Å². The summed E-state index contributed by atoms with van der Waals surface area (Å²) in [6.07, 6.45) is 0. The molecule has 14 nitrogen and oxygen atoms in total. The van der Waals surface area contributed by atoms with Crippen LogP contribution in [-0.4, -0.2) is 58.7 Å². The smallest absolute Gasteiger partial charge is 0.337 e. The van der Waals surface area contributed by atoms with Crippen molar-refractivity contribution in [1.29, 1.82) is 0 Å². The van der Waals surface area contributed by atoms with Crippen molar-refractivity contribution in [3.63, 3.8) is 0 Å². The number of anilines is 1. The van der Waals surface area contributed by atoms with Gasteiger partial charge in [0.05, 0.1) is 39.3 Å². The van der Waals surface area contributed by atoms with Crippen LogP contribution < -0.4 is 31.7 Å². The third-order valence-corrected chi connectivity index (χ3v) is 11.3. The molecule has 0 radical (unpaired) electrons. The molecule has 0 spiro atoms. The van der Waals surface area contributed by atoms with Gasteiger partial charge < -0.3 is 40.1 Å². The normalized spacial score (nSPS) is 11.7. The molecule has 7 N–H and O–H groups in total. The minimum atomic E-state index is -1.39. The Bertz CT molecular complexity index is 3300. The number of carbonyl (C=O) groups is 4. The number of benzene rings is 6. The number of hydrogen-bond acceptors (Lipinski definition) is 9. The minimum absolute atomic E-state index is 0.0219. The Morgan fingerprint density at radius 3 is 2.11 bits per heavy atom. The van der Waals surface area contributed by atoms with E-state index in [1.54, 1.807) is 48.5 Å². The average Bonchev–Trinajstić information content (AvgIpc) is 3.26. The van der Waals surface area contributed by atoms with Gasteiger partial charge in [-0.1, -0.05) is 35.3 Å². The highest BCUT2D eigenvalue weighted by atomic mass is 35.5. The molecule has 4 aliphatic rings. The van der Waals surface area contributed by atoms with Crippen molar-refractivity contribution < 1.29 is 48.3 Å². The highest BCUT2D eigenvalue weighted by Crippen LogP contribution is 2.47. The largest absolute Gasteiger partial charge is 0.508 e. The highest BCUT2D eigenvalue weighted by molar-refractivity contribution is 6.41. The fourth-order valence-electron chi connectivity index (χ4n) is 7.79. The van der Waals surface area contributed by atoms with Crippen molar-refractivity contribution >= 4 is 74.6 Å². The van der Waals surface area contributed by atoms with E-state index in [1.165, 1.54) is 30.3 Å². The molecule has 0 unspecified atom stereocenters. The lowest BCUT2D eigenvalue weighted by Crippen LogP contribution is -2.75. The van der Waals surface area contributed by atoms with Crippen molar-refractivity contribution in [2.45, 2.75) is 20.4 Å². The van der Waals surface area contributed by atoms with Crippen LogP contribution in [0.3, 0.4) is 0 Å². The number of rotatable bonds is 12. The predicted molar refractivity (Wildman–Crippen MR) is 241 cm³/mol. The van der Waals surface area contributed by atoms with Crippen LogP contribution in [-0.2, 0) is 11.3 Å². The van der Waals surface area contributed by atoms with E-state index in [1.807, 2.05) is 26.0 Å². The quantitative estimate of drug-likeness (QED) is 0.0621. The summed E-state index contributed by atoms with van der Waals surface area (Å²) in [6.45, 7) is 4.50. The molecule has 0 fully saturated rings. The monoisotopic (exact) mass is 899 g/mol. The summed E-state index contributed by atoms with van der Waals surface area (Å²) in [6, 6.07) is 25.0. The average molecular weight is 901 g/mol. The molecule has 64 heavy (non-hydrogen) atoms. The summed E-state index contributed by atoms with van der Waals surface area (Å²) >= 11 is 13.7. The number of carboxylic acids is 2. The summed E-state index contributed by atoms with van der Waals surface area (Å²) < 4.78 is 12.3. The number of aromatic hydroxyl groups is 1. The van der Waals surface area contributed by atoms with Gasteiger partial charge in [-0.05, 0) is 79.6 Å². The molecular formula is C48H37Cl2N4O10+. The number of nitrogens with one attached hydrogen (secondary N) is 4. The molecule has 0 bridgehead atoms. The maximum atomic E-state index is 13.8. The van der Waals surface area contributed by atoms with Gasteiger partial charge in [0.1, 0.15) is 35.0 Å². The molecule has 2 aliphatic heterocycles. The Kier molecular flexibility index (Phi) is 11.8. The Balaban J connectivity index is 1.08. The minimum Gasteiger partial charge on any atom is -0.508 e. The van der Waals surface area contributed by atoms with E-state index in [0.29, 0.717) is 68.6 Å². The molecule has 8 rings (SSSR count). The van der Waals surface area contributed by atoms with Crippen LogP contribution in [0.15, 0.2) is 111 Å². The third-order valence-electron chi connectivity index (χ3n) is 10.6. The Hall–Kier alpha value is -7.68. The maximum Gasteiger partial charge on any atom is 0.337 e. The fourth-order valence-corrected chi connectivity index (χ4v) is 8.40. The van der Waals surface area contributed by atoms with Crippen molar-refractivity contribution in [1.82, 2.24) is 10.6 Å². The van der Waals surface area contributed by atoms with Gasteiger partial charge >= 0.3 is 11.9 Å². The van der Waals surface area contributed by atoms with Crippen molar-refractivity contribution in [3.05, 3.63) is 145 Å². The number of hydrogen-bond donors (Lipinski definition) is 7. The van der Waals surface area contributed by atoms with Crippen LogP contribution in [0.2, 0.25) is 10.0 Å². The van der Waals surface area contributed by atoms with Gasteiger partial charge in [-0.2, -0.15) is 0 Å². The van der Waals surface area contributed by atoms with E-state index >= 15 is 0 Å². The maximum absolute atomic E-state index is 13.8. The van der Waals surface area contributed by atoms with E-state index in [2.05, 4.69) is 20.9 Å². The fraction of sp³-hybridized carbons (Fsp3) is 0.125. The molecule has 0 saturated carbocycles. The van der Waals surface area contributed by atoms with Crippen LogP contribution in [0.5, 0.6) is 5.75 Å². The number of halogens is 2.